The first-order valence-corrected chi connectivity index (χ1v) is 10.3. The van der Waals surface area contributed by atoms with Gasteiger partial charge in [0.1, 0.15) is 0 Å². The molecule has 4 rings (SSSR count). The van der Waals surface area contributed by atoms with E-state index in [0.717, 1.165) is 49.1 Å². The summed E-state index contributed by atoms with van der Waals surface area (Å²) >= 11 is 0. The Morgan fingerprint density at radius 1 is 1.04 bits per heavy atom. The van der Waals surface area contributed by atoms with Gasteiger partial charge in [-0.2, -0.15) is 0 Å². The van der Waals surface area contributed by atoms with E-state index in [0.29, 0.717) is 5.92 Å². The van der Waals surface area contributed by atoms with Gasteiger partial charge in [-0.15, -0.1) is 0 Å². The van der Waals surface area contributed by atoms with Gasteiger partial charge in [-0.05, 0) is 49.9 Å². The number of hydrogen-bond acceptors (Lipinski definition) is 2. The van der Waals surface area contributed by atoms with Crippen molar-refractivity contribution >= 4 is 16.8 Å². The second kappa shape index (κ2) is 8.61. The Hall–Kier alpha value is -2.59. The molecule has 1 aliphatic heterocycles. The summed E-state index contributed by atoms with van der Waals surface area (Å²) in [5.74, 6) is 0.748. The third kappa shape index (κ3) is 4.28. The molecule has 3 aromatic rings. The number of fused-ring (bicyclic) bond motifs is 1. The molecule has 1 N–H and O–H groups in total. The van der Waals surface area contributed by atoms with Crippen LogP contribution in [0.2, 0.25) is 0 Å². The molecule has 2 heterocycles. The largest absolute Gasteiger partial charge is 0.352 e. The molecule has 0 aliphatic carbocycles. The summed E-state index contributed by atoms with van der Waals surface area (Å²) in [7, 11) is 1.99. The van der Waals surface area contributed by atoms with Crippen molar-refractivity contribution in [3.8, 4) is 0 Å². The number of para-hydroxylation sites is 1. The molecule has 1 aliphatic rings. The average molecular weight is 376 g/mol. The molecule has 146 valence electrons. The van der Waals surface area contributed by atoms with Crippen molar-refractivity contribution in [3.63, 3.8) is 0 Å². The second-order valence-electron chi connectivity index (χ2n) is 7.92. The van der Waals surface area contributed by atoms with Crippen LogP contribution in [0.15, 0.2) is 60.8 Å². The summed E-state index contributed by atoms with van der Waals surface area (Å²) in [5.41, 5.74) is 3.26. The molecule has 4 nitrogen and oxygen atoms in total. The van der Waals surface area contributed by atoms with Crippen LogP contribution in [0, 0.1) is 5.92 Å². The lowest BCUT2D eigenvalue weighted by atomic mass is 9.93. The molecule has 0 saturated carbocycles. The third-order valence-electron chi connectivity index (χ3n) is 5.94. The molecular weight excluding hydrogens is 346 g/mol. The molecule has 0 atom stereocenters. The molecule has 1 fully saturated rings. The first-order valence-electron chi connectivity index (χ1n) is 10.3. The Morgan fingerprint density at radius 2 is 1.75 bits per heavy atom. The summed E-state index contributed by atoms with van der Waals surface area (Å²) in [4.78, 5) is 15.2. The van der Waals surface area contributed by atoms with E-state index in [1.54, 1.807) is 0 Å². The number of piperidine rings is 1. The maximum atomic E-state index is 12.6. The van der Waals surface area contributed by atoms with Crippen molar-refractivity contribution in [2.45, 2.75) is 25.8 Å². The maximum Gasteiger partial charge on any atom is 0.253 e. The number of likely N-dealkylation sites (tertiary alicyclic amines) is 1. The summed E-state index contributed by atoms with van der Waals surface area (Å²) in [5, 5.41) is 4.16. The molecule has 4 heteroatoms. The summed E-state index contributed by atoms with van der Waals surface area (Å²) in [6.07, 6.45) is 5.44. The van der Waals surface area contributed by atoms with Crippen molar-refractivity contribution < 1.29 is 4.79 Å². The van der Waals surface area contributed by atoms with Crippen molar-refractivity contribution in [2.24, 2.45) is 13.0 Å². The first kappa shape index (κ1) is 18.8. The molecule has 1 amide bonds. The predicted molar refractivity (Wildman–Crippen MR) is 114 cm³/mol. The Bertz CT molecular complexity index is 923. The normalized spacial score (nSPS) is 15.8. The van der Waals surface area contributed by atoms with Crippen LogP contribution in [0.25, 0.3) is 10.9 Å². The lowest BCUT2D eigenvalue weighted by Crippen LogP contribution is -2.34. The fourth-order valence-electron chi connectivity index (χ4n) is 4.28. The first-order chi connectivity index (χ1) is 13.7. The zero-order valence-corrected chi connectivity index (χ0v) is 16.6. The van der Waals surface area contributed by atoms with Crippen molar-refractivity contribution in [3.05, 3.63) is 71.9 Å². The van der Waals surface area contributed by atoms with Gasteiger partial charge in [-0.25, -0.2) is 0 Å². The number of nitrogens with one attached hydrogen (secondary N) is 1. The smallest absolute Gasteiger partial charge is 0.253 e. The standard InChI is InChI=1S/C24H29N3O/c1-26-18-22(21-9-5-6-10-23(21)26)24(28)25-14-11-19-12-15-27(16-13-19)17-20-7-3-2-4-8-20/h2-10,18-19H,11-17H2,1H3,(H,25,28). The monoisotopic (exact) mass is 375 g/mol. The minimum absolute atomic E-state index is 0.0401. The summed E-state index contributed by atoms with van der Waals surface area (Å²) < 4.78 is 2.02. The van der Waals surface area contributed by atoms with Gasteiger partial charge in [0.05, 0.1) is 5.56 Å². The fraction of sp³-hybridized carbons (Fsp3) is 0.375. The van der Waals surface area contributed by atoms with E-state index in [2.05, 4.69) is 46.6 Å². The number of carbonyl (C=O) groups excluding carboxylic acids is 1. The quantitative estimate of drug-likeness (QED) is 0.701. The minimum Gasteiger partial charge on any atom is -0.352 e. The maximum absolute atomic E-state index is 12.6. The molecule has 0 spiro atoms. The predicted octanol–water partition coefficient (Wildman–Crippen LogP) is 4.21. The van der Waals surface area contributed by atoms with Crippen LogP contribution in [0.1, 0.15) is 35.2 Å². The second-order valence-corrected chi connectivity index (χ2v) is 7.92. The Morgan fingerprint density at radius 3 is 2.54 bits per heavy atom. The van der Waals surface area contributed by atoms with E-state index >= 15 is 0 Å². The zero-order valence-electron chi connectivity index (χ0n) is 16.6. The Kier molecular flexibility index (Phi) is 5.77. The topological polar surface area (TPSA) is 37.3 Å². The van der Waals surface area contributed by atoms with Gasteiger partial charge in [0.2, 0.25) is 0 Å². The van der Waals surface area contributed by atoms with E-state index in [-0.39, 0.29) is 5.91 Å². The molecule has 1 saturated heterocycles. The van der Waals surface area contributed by atoms with Crippen LogP contribution in [0.3, 0.4) is 0 Å². The molecule has 28 heavy (non-hydrogen) atoms. The van der Waals surface area contributed by atoms with Crippen LogP contribution in [-0.2, 0) is 13.6 Å². The van der Waals surface area contributed by atoms with Crippen LogP contribution in [0.4, 0.5) is 0 Å². The van der Waals surface area contributed by atoms with Crippen molar-refractivity contribution in [1.29, 1.82) is 0 Å². The highest BCUT2D eigenvalue weighted by atomic mass is 16.1. The SMILES string of the molecule is Cn1cc(C(=O)NCCC2CCN(Cc3ccccc3)CC2)c2ccccc21. The number of amides is 1. The highest BCUT2D eigenvalue weighted by molar-refractivity contribution is 6.06. The van der Waals surface area contributed by atoms with Crippen LogP contribution < -0.4 is 5.32 Å². The number of carbonyl (C=O) groups is 1. The van der Waals surface area contributed by atoms with Crippen LogP contribution >= 0.6 is 0 Å². The molecular formula is C24H29N3O. The van der Waals surface area contributed by atoms with E-state index < -0.39 is 0 Å². The van der Waals surface area contributed by atoms with Crippen LogP contribution in [-0.4, -0.2) is 35.0 Å². The number of rotatable bonds is 6. The molecule has 0 bridgehead atoms. The Labute approximate surface area is 167 Å². The van der Waals surface area contributed by atoms with Crippen LogP contribution in [0.5, 0.6) is 0 Å². The summed E-state index contributed by atoms with van der Waals surface area (Å²) in [6.45, 7) is 4.10. The number of nitrogens with zero attached hydrogens (tertiary/aromatic N) is 2. The number of benzene rings is 2. The van der Waals surface area contributed by atoms with Gasteiger partial charge in [0.25, 0.3) is 5.91 Å². The van der Waals surface area contributed by atoms with E-state index in [1.165, 1.54) is 18.4 Å². The van der Waals surface area contributed by atoms with Gasteiger partial charge >= 0.3 is 0 Å². The Balaban J connectivity index is 1.23. The third-order valence-corrected chi connectivity index (χ3v) is 5.94. The van der Waals surface area contributed by atoms with Crippen molar-refractivity contribution in [2.75, 3.05) is 19.6 Å². The fourth-order valence-corrected chi connectivity index (χ4v) is 4.28. The molecule has 2 aromatic carbocycles. The highest BCUT2D eigenvalue weighted by Gasteiger charge is 2.20. The van der Waals surface area contributed by atoms with Gasteiger partial charge in [-0.1, -0.05) is 48.5 Å². The van der Waals surface area contributed by atoms with Crippen molar-refractivity contribution in [1.82, 2.24) is 14.8 Å². The van der Waals surface area contributed by atoms with Gasteiger partial charge < -0.3 is 9.88 Å². The number of aryl methyl sites for hydroxylation is 1. The molecule has 0 radical (unpaired) electrons. The zero-order chi connectivity index (χ0) is 19.3. The minimum atomic E-state index is 0.0401. The molecule has 1 aromatic heterocycles. The van der Waals surface area contributed by atoms with Gasteiger partial charge in [-0.3, -0.25) is 9.69 Å². The lowest BCUT2D eigenvalue weighted by Gasteiger charge is -2.32. The highest BCUT2D eigenvalue weighted by Crippen LogP contribution is 2.22. The van der Waals surface area contributed by atoms with Gasteiger partial charge in [0.15, 0.2) is 0 Å². The average Bonchev–Trinajstić information content (AvgIpc) is 3.07. The lowest BCUT2D eigenvalue weighted by molar-refractivity contribution is 0.0949. The number of hydrogen-bond donors (Lipinski definition) is 1. The van der Waals surface area contributed by atoms with E-state index in [1.807, 2.05) is 36.0 Å². The van der Waals surface area contributed by atoms with Gasteiger partial charge in [0, 0.05) is 37.2 Å². The molecule has 0 unspecified atom stereocenters. The number of aromatic nitrogens is 1. The van der Waals surface area contributed by atoms with E-state index in [9.17, 15) is 4.79 Å². The van der Waals surface area contributed by atoms with E-state index in [4.69, 9.17) is 0 Å². The summed E-state index contributed by atoms with van der Waals surface area (Å²) in [6, 6.07) is 18.8.